The van der Waals surface area contributed by atoms with Gasteiger partial charge in [0.25, 0.3) is 5.91 Å². The number of nitrogens with one attached hydrogen (secondary N) is 1. The van der Waals surface area contributed by atoms with E-state index in [1.807, 2.05) is 13.0 Å². The van der Waals surface area contributed by atoms with E-state index in [-0.39, 0.29) is 23.5 Å². The number of carbonyl (C=O) groups excluding carboxylic acids is 2. The van der Waals surface area contributed by atoms with Crippen LogP contribution in [0.1, 0.15) is 19.8 Å². The predicted octanol–water partition coefficient (Wildman–Crippen LogP) is 4.00. The summed E-state index contributed by atoms with van der Waals surface area (Å²) in [4.78, 5) is 25.3. The normalized spacial score (nSPS) is 16.7. The fourth-order valence-electron chi connectivity index (χ4n) is 2.69. The summed E-state index contributed by atoms with van der Waals surface area (Å²) in [5.74, 6) is -0.933. The SMILES string of the molecule is CCCCOC1C(=O)C(C=C(C#N)C(=O)Nc2cccc(Cl)c2)=CC=C1COC. The van der Waals surface area contributed by atoms with Crippen molar-refractivity contribution in [1.29, 1.82) is 5.26 Å². The van der Waals surface area contributed by atoms with E-state index in [0.717, 1.165) is 12.8 Å². The quantitative estimate of drug-likeness (QED) is 0.375. The number of halogens is 1. The van der Waals surface area contributed by atoms with Gasteiger partial charge in [0, 0.05) is 30.0 Å². The van der Waals surface area contributed by atoms with Crippen molar-refractivity contribution < 1.29 is 19.1 Å². The molecule has 0 aromatic heterocycles. The Hall–Kier alpha value is -2.72. The number of carbonyl (C=O) groups is 2. The minimum atomic E-state index is -0.784. The summed E-state index contributed by atoms with van der Waals surface area (Å²) >= 11 is 5.91. The van der Waals surface area contributed by atoms with Gasteiger partial charge in [0.2, 0.25) is 0 Å². The molecule has 1 atom stereocenters. The number of amides is 1. The van der Waals surface area contributed by atoms with E-state index in [4.69, 9.17) is 21.1 Å². The van der Waals surface area contributed by atoms with Crippen LogP contribution in [0.15, 0.2) is 59.2 Å². The maximum atomic E-state index is 12.9. The molecule has 1 aliphatic carbocycles. The molecule has 1 N–H and O–H groups in total. The van der Waals surface area contributed by atoms with Crippen LogP contribution in [-0.4, -0.2) is 38.1 Å². The van der Waals surface area contributed by atoms with Gasteiger partial charge in [-0.1, -0.05) is 43.2 Å². The highest BCUT2D eigenvalue weighted by Crippen LogP contribution is 2.22. The lowest BCUT2D eigenvalue weighted by molar-refractivity contribution is -0.124. The lowest BCUT2D eigenvalue weighted by Crippen LogP contribution is -2.32. The Kier molecular flexibility index (Phi) is 8.81. The van der Waals surface area contributed by atoms with Crippen molar-refractivity contribution in [2.24, 2.45) is 0 Å². The molecule has 1 aliphatic rings. The van der Waals surface area contributed by atoms with Gasteiger partial charge < -0.3 is 14.8 Å². The average Bonchev–Trinajstić information content (AvgIpc) is 2.69. The standard InChI is InChI=1S/C22H23ClN2O4/c1-3-4-10-29-21-16(14-28-2)9-8-15(20(21)26)11-17(13-24)22(27)25-19-7-5-6-18(23)12-19/h5-9,11-12,21H,3-4,10,14H2,1-2H3,(H,25,27). The minimum Gasteiger partial charge on any atom is -0.380 e. The number of hydrogen-bond donors (Lipinski definition) is 1. The number of hydrogen-bond acceptors (Lipinski definition) is 5. The number of unbranched alkanes of at least 4 members (excludes halogenated alkanes) is 1. The van der Waals surface area contributed by atoms with Gasteiger partial charge >= 0.3 is 0 Å². The van der Waals surface area contributed by atoms with E-state index in [1.165, 1.54) is 6.08 Å². The number of anilines is 1. The lowest BCUT2D eigenvalue weighted by atomic mass is 9.92. The van der Waals surface area contributed by atoms with E-state index in [1.54, 1.807) is 43.5 Å². The molecular formula is C22H23ClN2O4. The molecule has 29 heavy (non-hydrogen) atoms. The molecule has 0 aliphatic heterocycles. The van der Waals surface area contributed by atoms with Crippen molar-refractivity contribution in [2.45, 2.75) is 25.9 Å². The molecule has 152 valence electrons. The van der Waals surface area contributed by atoms with Crippen LogP contribution in [0.2, 0.25) is 5.02 Å². The summed E-state index contributed by atoms with van der Waals surface area (Å²) in [6, 6.07) is 8.42. The highest BCUT2D eigenvalue weighted by molar-refractivity contribution is 6.31. The first-order valence-electron chi connectivity index (χ1n) is 9.24. The van der Waals surface area contributed by atoms with E-state index >= 15 is 0 Å². The Morgan fingerprint density at radius 2 is 2.17 bits per heavy atom. The second-order valence-corrected chi connectivity index (χ2v) is 6.84. The Morgan fingerprint density at radius 3 is 2.83 bits per heavy atom. The van der Waals surface area contributed by atoms with Crippen molar-refractivity contribution in [2.75, 3.05) is 25.6 Å². The third-order valence-corrected chi connectivity index (χ3v) is 4.41. The Labute approximate surface area is 175 Å². The molecule has 1 unspecified atom stereocenters. The molecule has 0 radical (unpaired) electrons. The molecule has 0 saturated carbocycles. The van der Waals surface area contributed by atoms with Crippen molar-refractivity contribution >= 4 is 29.0 Å². The van der Waals surface area contributed by atoms with Crippen LogP contribution in [0.4, 0.5) is 5.69 Å². The first kappa shape index (κ1) is 22.6. The van der Waals surface area contributed by atoms with Gasteiger partial charge in [-0.3, -0.25) is 9.59 Å². The number of methoxy groups -OCH3 is 1. The molecule has 0 fully saturated rings. The van der Waals surface area contributed by atoms with Gasteiger partial charge in [0.15, 0.2) is 5.78 Å². The lowest BCUT2D eigenvalue weighted by Gasteiger charge is -2.23. The number of ketones is 1. The van der Waals surface area contributed by atoms with Crippen LogP contribution in [0.25, 0.3) is 0 Å². The monoisotopic (exact) mass is 414 g/mol. The number of nitriles is 1. The van der Waals surface area contributed by atoms with Gasteiger partial charge in [-0.2, -0.15) is 5.26 Å². The first-order chi connectivity index (χ1) is 14.0. The zero-order chi connectivity index (χ0) is 21.2. The van der Waals surface area contributed by atoms with Crippen molar-refractivity contribution in [1.82, 2.24) is 0 Å². The predicted molar refractivity (Wildman–Crippen MR) is 111 cm³/mol. The molecule has 7 heteroatoms. The van der Waals surface area contributed by atoms with Crippen molar-refractivity contribution in [3.05, 3.63) is 64.2 Å². The summed E-state index contributed by atoms with van der Waals surface area (Å²) in [5.41, 5.74) is 1.19. The van der Waals surface area contributed by atoms with Gasteiger partial charge in [0.1, 0.15) is 17.7 Å². The number of ether oxygens (including phenoxy) is 2. The zero-order valence-corrected chi connectivity index (χ0v) is 17.2. The summed E-state index contributed by atoms with van der Waals surface area (Å²) in [6.07, 6.45) is 5.56. The Bertz CT molecular complexity index is 896. The van der Waals surface area contributed by atoms with Crippen LogP contribution in [0.3, 0.4) is 0 Å². The fourth-order valence-corrected chi connectivity index (χ4v) is 2.88. The topological polar surface area (TPSA) is 88.4 Å². The van der Waals surface area contributed by atoms with Gasteiger partial charge in [-0.25, -0.2) is 0 Å². The minimum absolute atomic E-state index is 0.194. The molecule has 0 spiro atoms. The first-order valence-corrected chi connectivity index (χ1v) is 9.62. The second-order valence-electron chi connectivity index (χ2n) is 6.40. The summed E-state index contributed by atoms with van der Waals surface area (Å²) in [6.45, 7) is 2.73. The fraction of sp³-hybridized carbons (Fsp3) is 0.318. The molecule has 1 aromatic carbocycles. The summed E-state index contributed by atoms with van der Waals surface area (Å²) < 4.78 is 10.9. The van der Waals surface area contributed by atoms with Gasteiger partial charge in [-0.15, -0.1) is 0 Å². The molecule has 0 saturated heterocycles. The van der Waals surface area contributed by atoms with Crippen LogP contribution in [0.5, 0.6) is 0 Å². The maximum Gasteiger partial charge on any atom is 0.266 e. The number of Topliss-reactive ketones (excluding diaryl/α,β-unsaturated/α-hetero) is 1. The highest BCUT2D eigenvalue weighted by atomic mass is 35.5. The number of benzene rings is 1. The van der Waals surface area contributed by atoms with Crippen molar-refractivity contribution in [3.63, 3.8) is 0 Å². The van der Waals surface area contributed by atoms with E-state index in [9.17, 15) is 14.9 Å². The van der Waals surface area contributed by atoms with Crippen LogP contribution >= 0.6 is 11.6 Å². The third kappa shape index (κ3) is 6.40. The van der Waals surface area contributed by atoms with Gasteiger partial charge in [0.05, 0.1) is 6.61 Å². The number of rotatable bonds is 9. The summed E-state index contributed by atoms with van der Waals surface area (Å²) in [5, 5.41) is 12.5. The van der Waals surface area contributed by atoms with Crippen LogP contribution in [-0.2, 0) is 19.1 Å². The Morgan fingerprint density at radius 1 is 1.38 bits per heavy atom. The largest absolute Gasteiger partial charge is 0.380 e. The summed E-state index contributed by atoms with van der Waals surface area (Å²) in [7, 11) is 1.54. The maximum absolute atomic E-state index is 12.9. The third-order valence-electron chi connectivity index (χ3n) is 4.18. The van der Waals surface area contributed by atoms with Gasteiger partial charge in [-0.05, 0) is 36.3 Å². The number of allylic oxidation sites excluding steroid dienone is 3. The molecule has 1 aromatic rings. The van der Waals surface area contributed by atoms with Crippen LogP contribution in [0, 0.1) is 11.3 Å². The molecule has 2 rings (SSSR count). The highest BCUT2D eigenvalue weighted by Gasteiger charge is 2.29. The van der Waals surface area contributed by atoms with E-state index < -0.39 is 12.0 Å². The molecule has 0 bridgehead atoms. The Balaban J connectivity index is 2.23. The molecule has 6 nitrogen and oxygen atoms in total. The average molecular weight is 415 g/mol. The zero-order valence-electron chi connectivity index (χ0n) is 16.4. The second kappa shape index (κ2) is 11.3. The van der Waals surface area contributed by atoms with E-state index in [0.29, 0.717) is 22.9 Å². The smallest absolute Gasteiger partial charge is 0.266 e. The van der Waals surface area contributed by atoms with E-state index in [2.05, 4.69) is 5.32 Å². The van der Waals surface area contributed by atoms with Crippen molar-refractivity contribution in [3.8, 4) is 6.07 Å². The molecule has 0 heterocycles. The number of nitrogens with zero attached hydrogens (tertiary/aromatic N) is 1. The molecular weight excluding hydrogens is 392 g/mol. The molecule has 1 amide bonds. The van der Waals surface area contributed by atoms with Crippen LogP contribution < -0.4 is 5.32 Å².